The second-order valence-electron chi connectivity index (χ2n) is 4.34. The first-order chi connectivity index (χ1) is 8.66. The van der Waals surface area contributed by atoms with Crippen molar-refractivity contribution < 1.29 is 14.3 Å². The Bertz CT molecular complexity index is 425. The molecule has 1 aliphatic heterocycles. The minimum atomic E-state index is -0.371. The van der Waals surface area contributed by atoms with Gasteiger partial charge in [0.25, 0.3) is 0 Å². The molecule has 5 nitrogen and oxygen atoms in total. The van der Waals surface area contributed by atoms with Gasteiger partial charge >= 0.3 is 6.09 Å². The lowest BCUT2D eigenvalue weighted by molar-refractivity contribution is -0.123. The van der Waals surface area contributed by atoms with Crippen molar-refractivity contribution in [3.63, 3.8) is 0 Å². The van der Waals surface area contributed by atoms with E-state index >= 15 is 0 Å². The molecule has 0 aromatic heterocycles. The molecular weight excluding hydrogens is 232 g/mol. The third kappa shape index (κ3) is 3.00. The zero-order chi connectivity index (χ0) is 13.0. The quantitative estimate of drug-likeness (QED) is 0.859. The van der Waals surface area contributed by atoms with E-state index in [0.717, 1.165) is 0 Å². The van der Waals surface area contributed by atoms with Gasteiger partial charge in [0.05, 0.1) is 0 Å². The molecule has 2 amide bonds. The maximum absolute atomic E-state index is 11.8. The van der Waals surface area contributed by atoms with E-state index in [4.69, 9.17) is 10.5 Å². The number of primary amides is 1. The largest absolute Gasteiger partial charge is 0.415 e. The number of nitrogens with zero attached hydrogens (tertiary/aromatic N) is 1. The summed E-state index contributed by atoms with van der Waals surface area (Å²) in [5, 5.41) is 0. The topological polar surface area (TPSA) is 72.6 Å². The van der Waals surface area contributed by atoms with Crippen molar-refractivity contribution in [1.82, 2.24) is 4.90 Å². The predicted molar refractivity (Wildman–Crippen MR) is 66.0 cm³/mol. The molecule has 96 valence electrons. The van der Waals surface area contributed by atoms with E-state index in [2.05, 4.69) is 0 Å². The highest BCUT2D eigenvalue weighted by molar-refractivity contribution is 5.77. The molecule has 0 aliphatic carbocycles. The van der Waals surface area contributed by atoms with Crippen LogP contribution in [0.2, 0.25) is 0 Å². The molecule has 2 rings (SSSR count). The van der Waals surface area contributed by atoms with Gasteiger partial charge < -0.3 is 15.4 Å². The number of likely N-dealkylation sites (tertiary alicyclic amines) is 1. The smallest absolute Gasteiger partial charge is 0.410 e. The SMILES string of the molecule is NC(=O)C1CCN(C(=O)Oc2ccccc2)CC1. The van der Waals surface area contributed by atoms with Crippen molar-refractivity contribution in [2.24, 2.45) is 11.7 Å². The molecule has 1 aromatic rings. The monoisotopic (exact) mass is 248 g/mol. The average Bonchev–Trinajstić information content (AvgIpc) is 2.40. The molecule has 1 aromatic carbocycles. The van der Waals surface area contributed by atoms with Crippen LogP contribution >= 0.6 is 0 Å². The molecule has 18 heavy (non-hydrogen) atoms. The molecule has 1 fully saturated rings. The molecule has 1 heterocycles. The number of carbonyl (C=O) groups excluding carboxylic acids is 2. The van der Waals surface area contributed by atoms with Gasteiger partial charge in [0, 0.05) is 19.0 Å². The van der Waals surface area contributed by atoms with Crippen molar-refractivity contribution in [3.8, 4) is 5.75 Å². The normalized spacial score (nSPS) is 16.3. The summed E-state index contributed by atoms with van der Waals surface area (Å²) in [5.74, 6) is 0.122. The van der Waals surface area contributed by atoms with Crippen LogP contribution in [0.3, 0.4) is 0 Å². The molecule has 0 unspecified atom stereocenters. The summed E-state index contributed by atoms with van der Waals surface area (Å²) in [6.07, 6.45) is 0.849. The van der Waals surface area contributed by atoms with Crippen molar-refractivity contribution in [2.45, 2.75) is 12.8 Å². The van der Waals surface area contributed by atoms with E-state index in [9.17, 15) is 9.59 Å². The summed E-state index contributed by atoms with van der Waals surface area (Å²) in [4.78, 5) is 24.4. The van der Waals surface area contributed by atoms with Crippen molar-refractivity contribution in [3.05, 3.63) is 30.3 Å². The lowest BCUT2D eigenvalue weighted by Gasteiger charge is -2.29. The number of rotatable bonds is 2. The summed E-state index contributed by atoms with van der Waals surface area (Å²) < 4.78 is 5.22. The van der Waals surface area contributed by atoms with E-state index in [0.29, 0.717) is 31.7 Å². The van der Waals surface area contributed by atoms with E-state index in [1.165, 1.54) is 0 Å². The summed E-state index contributed by atoms with van der Waals surface area (Å²) in [5.41, 5.74) is 5.24. The van der Waals surface area contributed by atoms with Crippen LogP contribution < -0.4 is 10.5 Å². The van der Waals surface area contributed by atoms with Crippen molar-refractivity contribution in [1.29, 1.82) is 0 Å². The highest BCUT2D eigenvalue weighted by atomic mass is 16.6. The van der Waals surface area contributed by atoms with Crippen molar-refractivity contribution >= 4 is 12.0 Å². The number of piperidine rings is 1. The summed E-state index contributed by atoms with van der Waals surface area (Å²) >= 11 is 0. The van der Waals surface area contributed by atoms with E-state index in [1.54, 1.807) is 17.0 Å². The van der Waals surface area contributed by atoms with Gasteiger partial charge in [-0.05, 0) is 25.0 Å². The predicted octanol–water partition coefficient (Wildman–Crippen LogP) is 1.38. The highest BCUT2D eigenvalue weighted by Gasteiger charge is 2.26. The van der Waals surface area contributed by atoms with Crippen LogP contribution in [0.4, 0.5) is 4.79 Å². The van der Waals surface area contributed by atoms with Crippen LogP contribution in [-0.2, 0) is 4.79 Å². The number of nitrogens with two attached hydrogens (primary N) is 1. The summed E-state index contributed by atoms with van der Waals surface area (Å²) in [7, 11) is 0. The maximum atomic E-state index is 11.8. The van der Waals surface area contributed by atoms with Crippen LogP contribution in [0.1, 0.15) is 12.8 Å². The van der Waals surface area contributed by atoms with Gasteiger partial charge in [0.1, 0.15) is 5.75 Å². The second kappa shape index (κ2) is 5.53. The number of para-hydroxylation sites is 1. The molecule has 0 spiro atoms. The molecular formula is C13H16N2O3. The second-order valence-corrected chi connectivity index (χ2v) is 4.34. The third-order valence-electron chi connectivity index (χ3n) is 3.10. The fourth-order valence-electron chi connectivity index (χ4n) is 2.00. The Balaban J connectivity index is 1.86. The molecule has 5 heteroatoms. The van der Waals surface area contributed by atoms with Crippen LogP contribution in [-0.4, -0.2) is 30.0 Å². The van der Waals surface area contributed by atoms with Gasteiger partial charge in [0.15, 0.2) is 0 Å². The first-order valence-electron chi connectivity index (χ1n) is 5.98. The maximum Gasteiger partial charge on any atom is 0.415 e. The Kier molecular flexibility index (Phi) is 3.82. The van der Waals surface area contributed by atoms with Crippen LogP contribution in [0.15, 0.2) is 30.3 Å². The summed E-state index contributed by atoms with van der Waals surface area (Å²) in [6, 6.07) is 8.93. The van der Waals surface area contributed by atoms with E-state index in [-0.39, 0.29) is 17.9 Å². The van der Waals surface area contributed by atoms with Gasteiger partial charge in [-0.25, -0.2) is 4.79 Å². The molecule has 1 saturated heterocycles. The zero-order valence-electron chi connectivity index (χ0n) is 10.0. The number of hydrogen-bond donors (Lipinski definition) is 1. The Morgan fingerprint density at radius 2 is 1.78 bits per heavy atom. The van der Waals surface area contributed by atoms with E-state index in [1.807, 2.05) is 18.2 Å². The number of hydrogen-bond acceptors (Lipinski definition) is 3. The van der Waals surface area contributed by atoms with Crippen LogP contribution in [0.25, 0.3) is 0 Å². The number of benzene rings is 1. The Morgan fingerprint density at radius 3 is 2.33 bits per heavy atom. The minimum absolute atomic E-state index is 0.120. The molecule has 1 aliphatic rings. The van der Waals surface area contributed by atoms with Crippen molar-refractivity contribution in [2.75, 3.05) is 13.1 Å². The van der Waals surface area contributed by atoms with Gasteiger partial charge in [0.2, 0.25) is 5.91 Å². The Morgan fingerprint density at radius 1 is 1.17 bits per heavy atom. The number of amides is 2. The fourth-order valence-corrected chi connectivity index (χ4v) is 2.00. The van der Waals surface area contributed by atoms with Crippen LogP contribution in [0, 0.1) is 5.92 Å². The molecule has 2 N–H and O–H groups in total. The lowest BCUT2D eigenvalue weighted by Crippen LogP contribution is -2.42. The first kappa shape index (κ1) is 12.4. The van der Waals surface area contributed by atoms with E-state index < -0.39 is 0 Å². The standard InChI is InChI=1S/C13H16N2O3/c14-12(16)10-6-8-15(9-7-10)13(17)18-11-4-2-1-3-5-11/h1-5,10H,6-9H2,(H2,14,16). The molecule has 0 bridgehead atoms. The average molecular weight is 248 g/mol. The number of carbonyl (C=O) groups is 2. The highest BCUT2D eigenvalue weighted by Crippen LogP contribution is 2.18. The fraction of sp³-hybridized carbons (Fsp3) is 0.385. The Hall–Kier alpha value is -2.04. The lowest BCUT2D eigenvalue weighted by atomic mass is 9.97. The summed E-state index contributed by atoms with van der Waals surface area (Å²) in [6.45, 7) is 1.03. The van der Waals surface area contributed by atoms with Gasteiger partial charge in [-0.3, -0.25) is 4.79 Å². The first-order valence-corrected chi connectivity index (χ1v) is 5.98. The van der Waals surface area contributed by atoms with Gasteiger partial charge in [-0.2, -0.15) is 0 Å². The molecule has 0 saturated carbocycles. The van der Waals surface area contributed by atoms with Gasteiger partial charge in [-0.15, -0.1) is 0 Å². The van der Waals surface area contributed by atoms with Crippen LogP contribution in [0.5, 0.6) is 5.75 Å². The van der Waals surface area contributed by atoms with Gasteiger partial charge in [-0.1, -0.05) is 18.2 Å². The Labute approximate surface area is 106 Å². The molecule has 0 atom stereocenters. The number of ether oxygens (including phenoxy) is 1. The third-order valence-corrected chi connectivity index (χ3v) is 3.10. The zero-order valence-corrected chi connectivity index (χ0v) is 10.0. The minimum Gasteiger partial charge on any atom is -0.410 e. The molecule has 0 radical (unpaired) electrons.